The fourth-order valence-corrected chi connectivity index (χ4v) is 5.81. The zero-order valence-electron chi connectivity index (χ0n) is 24.9. The topological polar surface area (TPSA) is 94.1 Å². The minimum atomic E-state index is -0.463. The Morgan fingerprint density at radius 1 is 1.02 bits per heavy atom. The molecule has 1 heterocycles. The van der Waals surface area contributed by atoms with Crippen LogP contribution in [0.3, 0.4) is 0 Å². The van der Waals surface area contributed by atoms with Crippen LogP contribution in [0.5, 0.6) is 5.75 Å². The van der Waals surface area contributed by atoms with Gasteiger partial charge in [0.1, 0.15) is 6.10 Å². The van der Waals surface area contributed by atoms with Crippen molar-refractivity contribution in [2.75, 3.05) is 37.4 Å². The zero-order chi connectivity index (χ0) is 31.4. The number of nitrogens with one attached hydrogen (secondary N) is 2. The highest BCUT2D eigenvalue weighted by Gasteiger charge is 2.34. The van der Waals surface area contributed by atoms with Crippen LogP contribution in [-0.4, -0.2) is 65.7 Å². The maximum Gasteiger partial charge on any atom is 0.323 e. The van der Waals surface area contributed by atoms with Crippen LogP contribution in [0.15, 0.2) is 78.9 Å². The first kappa shape index (κ1) is 31.6. The average molecular weight is 636 g/mol. The van der Waals surface area contributed by atoms with Crippen LogP contribution in [0, 0.1) is 5.92 Å². The van der Waals surface area contributed by atoms with E-state index in [1.165, 1.54) is 0 Å². The second-order valence-corrected chi connectivity index (χ2v) is 12.2. The number of hydrogen-bond donors (Lipinski definition) is 3. The highest BCUT2D eigenvalue weighted by atomic mass is 35.5. The van der Waals surface area contributed by atoms with E-state index in [2.05, 4.69) is 15.5 Å². The molecule has 4 aromatic carbocycles. The highest BCUT2D eigenvalue weighted by molar-refractivity contribution is 6.42. The molecule has 3 N–H and O–H groups in total. The number of aliphatic hydroxyl groups is 1. The van der Waals surface area contributed by atoms with Crippen molar-refractivity contribution in [1.82, 2.24) is 9.80 Å². The predicted molar refractivity (Wildman–Crippen MR) is 177 cm³/mol. The number of halogens is 2. The van der Waals surface area contributed by atoms with Crippen LogP contribution in [-0.2, 0) is 6.54 Å². The molecule has 0 saturated carbocycles. The summed E-state index contributed by atoms with van der Waals surface area (Å²) in [5, 5.41) is 18.7. The lowest BCUT2D eigenvalue weighted by Gasteiger charge is -2.38. The highest BCUT2D eigenvalue weighted by Crippen LogP contribution is 2.35. The summed E-state index contributed by atoms with van der Waals surface area (Å²) in [6.45, 7) is 5.17. The molecule has 1 aliphatic heterocycles. The molecule has 5 rings (SSSR count). The van der Waals surface area contributed by atoms with E-state index in [4.69, 9.17) is 27.9 Å². The van der Waals surface area contributed by atoms with E-state index in [1.54, 1.807) is 29.2 Å². The molecule has 0 aliphatic carbocycles. The molecule has 0 fully saturated rings. The van der Waals surface area contributed by atoms with Gasteiger partial charge in [0.2, 0.25) is 0 Å². The molecule has 0 saturated heterocycles. The van der Waals surface area contributed by atoms with Crippen molar-refractivity contribution in [2.24, 2.45) is 5.92 Å². The minimum absolute atomic E-state index is 0.102. The Bertz CT molecular complexity index is 1660. The van der Waals surface area contributed by atoms with Crippen LogP contribution in [0.4, 0.5) is 16.2 Å². The van der Waals surface area contributed by atoms with Crippen molar-refractivity contribution >= 4 is 57.3 Å². The minimum Gasteiger partial charge on any atom is -0.486 e. The van der Waals surface area contributed by atoms with Gasteiger partial charge in [0.05, 0.1) is 39.6 Å². The Labute approximate surface area is 267 Å². The number of benzene rings is 4. The van der Waals surface area contributed by atoms with Crippen LogP contribution in [0.2, 0.25) is 10.0 Å². The van der Waals surface area contributed by atoms with E-state index < -0.39 is 12.1 Å². The second kappa shape index (κ2) is 13.9. The van der Waals surface area contributed by atoms with Gasteiger partial charge in [-0.05, 0) is 55.3 Å². The van der Waals surface area contributed by atoms with Crippen LogP contribution in [0.25, 0.3) is 10.8 Å². The lowest BCUT2D eigenvalue weighted by molar-refractivity contribution is 0.0343. The van der Waals surface area contributed by atoms with Gasteiger partial charge in [-0.3, -0.25) is 9.69 Å². The monoisotopic (exact) mass is 634 g/mol. The lowest BCUT2D eigenvalue weighted by Crippen LogP contribution is -2.49. The molecule has 3 atom stereocenters. The van der Waals surface area contributed by atoms with Gasteiger partial charge < -0.3 is 25.4 Å². The molecule has 1 aliphatic rings. The quantitative estimate of drug-likeness (QED) is 0.191. The number of carbonyl (C=O) groups is 2. The molecule has 4 aromatic rings. The molecule has 8 nitrogen and oxygen atoms in total. The molecule has 0 unspecified atom stereocenters. The van der Waals surface area contributed by atoms with Crippen molar-refractivity contribution in [3.63, 3.8) is 0 Å². The third-order valence-electron chi connectivity index (χ3n) is 7.91. The first-order chi connectivity index (χ1) is 21.1. The number of urea groups is 1. The summed E-state index contributed by atoms with van der Waals surface area (Å²) >= 11 is 12.4. The molecular formula is C34H36Cl2N4O4. The Morgan fingerprint density at radius 3 is 2.50 bits per heavy atom. The fourth-order valence-electron chi connectivity index (χ4n) is 5.49. The van der Waals surface area contributed by atoms with Gasteiger partial charge in [0, 0.05) is 30.9 Å². The summed E-state index contributed by atoms with van der Waals surface area (Å²) in [6.07, 6.45) is -0.355. The number of amides is 3. The largest absolute Gasteiger partial charge is 0.486 e. The van der Waals surface area contributed by atoms with Gasteiger partial charge in [0.15, 0.2) is 5.75 Å². The third-order valence-corrected chi connectivity index (χ3v) is 8.64. The first-order valence-electron chi connectivity index (χ1n) is 14.5. The molecule has 0 spiro atoms. The van der Waals surface area contributed by atoms with Gasteiger partial charge in [-0.1, -0.05) is 78.7 Å². The number of para-hydroxylation sites is 1. The Hall–Kier alpha value is -3.82. The van der Waals surface area contributed by atoms with Crippen LogP contribution < -0.4 is 15.4 Å². The summed E-state index contributed by atoms with van der Waals surface area (Å²) in [5.74, 6) is -0.0794. The van der Waals surface area contributed by atoms with Crippen molar-refractivity contribution in [3.8, 4) is 5.75 Å². The molecule has 0 aromatic heterocycles. The summed E-state index contributed by atoms with van der Waals surface area (Å²) < 4.78 is 6.64. The van der Waals surface area contributed by atoms with Crippen molar-refractivity contribution < 1.29 is 19.4 Å². The number of aliphatic hydroxyl groups excluding tert-OH is 1. The maximum absolute atomic E-state index is 13.8. The van der Waals surface area contributed by atoms with E-state index in [9.17, 15) is 14.7 Å². The SMILES string of the molecule is C[C@@H]1CN([C@H](C)CO)C(=O)c2cccc(NC(=O)Nc3cccc4ccccc34)c2O[C@@H]1CN(C)Cc1ccc(Cl)c(Cl)c1. The first-order valence-corrected chi connectivity index (χ1v) is 15.3. The number of anilines is 2. The molecule has 230 valence electrons. The number of rotatable bonds is 8. The Morgan fingerprint density at radius 2 is 1.73 bits per heavy atom. The molecule has 0 bridgehead atoms. The smallest absolute Gasteiger partial charge is 0.323 e. The lowest BCUT2D eigenvalue weighted by atomic mass is 9.99. The van der Waals surface area contributed by atoms with E-state index in [1.807, 2.05) is 75.5 Å². The summed E-state index contributed by atoms with van der Waals surface area (Å²) in [5.41, 5.74) is 2.35. The van der Waals surface area contributed by atoms with E-state index in [0.29, 0.717) is 52.4 Å². The molecule has 44 heavy (non-hydrogen) atoms. The van der Waals surface area contributed by atoms with Gasteiger partial charge in [0.25, 0.3) is 5.91 Å². The third kappa shape index (κ3) is 7.11. The van der Waals surface area contributed by atoms with E-state index in [0.717, 1.165) is 16.3 Å². The summed E-state index contributed by atoms with van der Waals surface area (Å²) in [6, 6.07) is 23.3. The van der Waals surface area contributed by atoms with Gasteiger partial charge in [-0.25, -0.2) is 4.79 Å². The summed E-state index contributed by atoms with van der Waals surface area (Å²) in [4.78, 5) is 30.9. The molecule has 0 radical (unpaired) electrons. The Kier molecular flexibility index (Phi) is 9.96. The number of nitrogens with zero attached hydrogens (tertiary/aromatic N) is 2. The zero-order valence-corrected chi connectivity index (χ0v) is 26.4. The van der Waals surface area contributed by atoms with Crippen molar-refractivity contribution in [3.05, 3.63) is 100 Å². The second-order valence-electron chi connectivity index (χ2n) is 11.4. The van der Waals surface area contributed by atoms with Gasteiger partial charge in [-0.15, -0.1) is 0 Å². The number of ether oxygens (including phenoxy) is 1. The molecule has 10 heteroatoms. The number of likely N-dealkylation sites (N-methyl/N-ethyl adjacent to an activating group) is 1. The standard InChI is InChI=1S/C34H36Cl2N4O4/c1-21-17-40(22(2)20-41)33(42)26-11-7-13-30(38-34(43)37-29-12-6-9-24-8-4-5-10-25(24)29)32(26)44-31(21)19-39(3)18-23-14-15-27(35)28(36)16-23/h4-16,21-22,31,41H,17-20H2,1-3H3,(H2,37,38,43)/t21-,22-,31-/m1/s1. The maximum atomic E-state index is 13.8. The van der Waals surface area contributed by atoms with Crippen LogP contribution >= 0.6 is 23.2 Å². The Balaban J connectivity index is 1.43. The molecular weight excluding hydrogens is 599 g/mol. The van der Waals surface area contributed by atoms with Crippen molar-refractivity contribution in [1.29, 1.82) is 0 Å². The van der Waals surface area contributed by atoms with Gasteiger partial charge >= 0.3 is 6.03 Å². The fraction of sp³-hybridized carbons (Fsp3) is 0.294. The van der Waals surface area contributed by atoms with E-state index >= 15 is 0 Å². The van der Waals surface area contributed by atoms with Gasteiger partial charge in [-0.2, -0.15) is 0 Å². The number of carbonyl (C=O) groups excluding carboxylic acids is 2. The average Bonchev–Trinajstić information content (AvgIpc) is 3.01. The summed E-state index contributed by atoms with van der Waals surface area (Å²) in [7, 11) is 1.99. The molecule has 3 amide bonds. The number of fused-ring (bicyclic) bond motifs is 2. The van der Waals surface area contributed by atoms with E-state index in [-0.39, 0.29) is 24.5 Å². The van der Waals surface area contributed by atoms with Crippen molar-refractivity contribution in [2.45, 2.75) is 32.5 Å². The normalized spacial score (nSPS) is 17.4. The predicted octanol–water partition coefficient (Wildman–Crippen LogP) is 7.14. The number of hydrogen-bond acceptors (Lipinski definition) is 5. The van der Waals surface area contributed by atoms with Crippen LogP contribution in [0.1, 0.15) is 29.8 Å².